The molecular formula is C13H18BrNO2. The lowest BCUT2D eigenvalue weighted by atomic mass is 9.86. The molecule has 1 unspecified atom stereocenters. The van der Waals surface area contributed by atoms with Crippen molar-refractivity contribution in [3.63, 3.8) is 0 Å². The first-order chi connectivity index (χ1) is 8.10. The summed E-state index contributed by atoms with van der Waals surface area (Å²) in [5, 5.41) is 0. The third kappa shape index (κ3) is 2.49. The maximum absolute atomic E-state index is 6.23. The number of hydrogen-bond acceptors (Lipinski definition) is 3. The summed E-state index contributed by atoms with van der Waals surface area (Å²) in [6.45, 7) is 2.68. The molecule has 94 valence electrons. The molecular weight excluding hydrogens is 282 g/mol. The number of hydrogen-bond donors (Lipinski definition) is 1. The highest BCUT2D eigenvalue weighted by Gasteiger charge is 2.38. The minimum atomic E-state index is -0.290. The molecule has 0 fully saturated rings. The van der Waals surface area contributed by atoms with Crippen LogP contribution in [-0.2, 0) is 4.74 Å². The van der Waals surface area contributed by atoms with E-state index >= 15 is 0 Å². The molecule has 0 bridgehead atoms. The van der Waals surface area contributed by atoms with Crippen LogP contribution in [0.1, 0.15) is 31.4 Å². The Bertz CT molecular complexity index is 410. The van der Waals surface area contributed by atoms with E-state index in [1.54, 1.807) is 7.11 Å². The van der Waals surface area contributed by atoms with Gasteiger partial charge in [0.2, 0.25) is 0 Å². The predicted molar refractivity (Wildman–Crippen MR) is 71.2 cm³/mol. The van der Waals surface area contributed by atoms with Gasteiger partial charge in [0.05, 0.1) is 6.61 Å². The van der Waals surface area contributed by atoms with Crippen molar-refractivity contribution >= 4 is 15.9 Å². The molecule has 3 nitrogen and oxygen atoms in total. The Morgan fingerprint density at radius 2 is 2.35 bits per heavy atom. The van der Waals surface area contributed by atoms with E-state index < -0.39 is 0 Å². The zero-order chi connectivity index (χ0) is 12.5. The van der Waals surface area contributed by atoms with Crippen LogP contribution in [0.3, 0.4) is 0 Å². The van der Waals surface area contributed by atoms with Crippen molar-refractivity contribution in [2.24, 2.45) is 5.73 Å². The molecule has 1 aliphatic rings. The van der Waals surface area contributed by atoms with Gasteiger partial charge in [-0.1, -0.05) is 28.9 Å². The van der Waals surface area contributed by atoms with E-state index in [0.29, 0.717) is 6.61 Å². The maximum atomic E-state index is 6.23. The molecule has 0 radical (unpaired) electrons. The van der Waals surface area contributed by atoms with E-state index in [2.05, 4.69) is 22.9 Å². The Kier molecular flexibility index (Phi) is 3.76. The second-order valence-corrected chi connectivity index (χ2v) is 5.48. The van der Waals surface area contributed by atoms with Gasteiger partial charge in [0.1, 0.15) is 11.4 Å². The van der Waals surface area contributed by atoms with Crippen LogP contribution >= 0.6 is 15.9 Å². The molecule has 1 aromatic rings. The minimum Gasteiger partial charge on any atom is -0.484 e. The van der Waals surface area contributed by atoms with Crippen LogP contribution in [0.15, 0.2) is 22.7 Å². The van der Waals surface area contributed by atoms with Gasteiger partial charge in [0, 0.05) is 29.6 Å². The first kappa shape index (κ1) is 12.9. The van der Waals surface area contributed by atoms with Crippen LogP contribution in [0.4, 0.5) is 0 Å². The van der Waals surface area contributed by atoms with Crippen LogP contribution in [0.2, 0.25) is 0 Å². The van der Waals surface area contributed by atoms with Gasteiger partial charge in [-0.05, 0) is 18.6 Å². The summed E-state index contributed by atoms with van der Waals surface area (Å²) in [5.74, 6) is 0.872. The average molecular weight is 300 g/mol. The van der Waals surface area contributed by atoms with E-state index in [4.69, 9.17) is 15.2 Å². The third-order valence-electron chi connectivity index (χ3n) is 3.35. The summed E-state index contributed by atoms with van der Waals surface area (Å²) in [5.41, 5.74) is 7.01. The van der Waals surface area contributed by atoms with Crippen LogP contribution in [0.5, 0.6) is 5.75 Å². The van der Waals surface area contributed by atoms with E-state index in [1.807, 2.05) is 18.2 Å². The van der Waals surface area contributed by atoms with Crippen molar-refractivity contribution in [3.8, 4) is 5.75 Å². The van der Waals surface area contributed by atoms with Gasteiger partial charge in [-0.25, -0.2) is 0 Å². The number of benzene rings is 1. The summed E-state index contributed by atoms with van der Waals surface area (Å²) in [6.07, 6.45) is 1.69. The molecule has 0 saturated carbocycles. The summed E-state index contributed by atoms with van der Waals surface area (Å²) in [4.78, 5) is 0. The zero-order valence-electron chi connectivity index (χ0n) is 10.2. The first-order valence-corrected chi connectivity index (χ1v) is 6.62. The first-order valence-electron chi connectivity index (χ1n) is 5.83. The van der Waals surface area contributed by atoms with Crippen LogP contribution in [-0.4, -0.2) is 19.3 Å². The summed E-state index contributed by atoms with van der Waals surface area (Å²) in [7, 11) is 1.70. The quantitative estimate of drug-likeness (QED) is 0.933. The lowest BCUT2D eigenvalue weighted by Crippen LogP contribution is -2.46. The molecule has 0 aromatic heterocycles. The van der Waals surface area contributed by atoms with Crippen molar-refractivity contribution in [2.45, 2.75) is 31.4 Å². The second-order valence-electron chi connectivity index (χ2n) is 4.56. The molecule has 0 saturated heterocycles. The molecule has 0 spiro atoms. The molecule has 1 aliphatic heterocycles. The number of ether oxygens (including phenoxy) is 2. The molecule has 0 aliphatic carbocycles. The summed E-state index contributed by atoms with van der Waals surface area (Å²) >= 11 is 3.46. The highest BCUT2D eigenvalue weighted by Crippen LogP contribution is 2.41. The largest absolute Gasteiger partial charge is 0.484 e. The van der Waals surface area contributed by atoms with Crippen LogP contribution in [0, 0.1) is 0 Å². The van der Waals surface area contributed by atoms with Gasteiger partial charge in [0.25, 0.3) is 0 Å². The molecule has 1 aromatic carbocycles. The van der Waals surface area contributed by atoms with E-state index in [9.17, 15) is 0 Å². The lowest BCUT2D eigenvalue weighted by Gasteiger charge is -2.40. The Morgan fingerprint density at radius 3 is 3.00 bits per heavy atom. The molecule has 0 amide bonds. The lowest BCUT2D eigenvalue weighted by molar-refractivity contribution is -0.0338. The van der Waals surface area contributed by atoms with Gasteiger partial charge in [0.15, 0.2) is 0 Å². The fraction of sp³-hybridized carbons (Fsp3) is 0.538. The summed E-state index contributed by atoms with van der Waals surface area (Å²) < 4.78 is 12.4. The standard InChI is InChI=1S/C13H18BrNO2/c1-3-13(8-16-2)7-11(15)10-5-4-9(14)6-12(10)17-13/h4-6,11H,3,7-8,15H2,1-2H3/t11-,13?/m0/s1. The van der Waals surface area contributed by atoms with Crippen molar-refractivity contribution in [3.05, 3.63) is 28.2 Å². The monoisotopic (exact) mass is 299 g/mol. The predicted octanol–water partition coefficient (Wildman–Crippen LogP) is 3.03. The molecule has 1 heterocycles. The van der Waals surface area contributed by atoms with Crippen molar-refractivity contribution < 1.29 is 9.47 Å². The van der Waals surface area contributed by atoms with E-state index in [0.717, 1.165) is 28.6 Å². The maximum Gasteiger partial charge on any atom is 0.134 e. The Hall–Kier alpha value is -0.580. The second kappa shape index (κ2) is 4.96. The molecule has 2 N–H and O–H groups in total. The summed E-state index contributed by atoms with van der Waals surface area (Å²) in [6, 6.07) is 6.02. The number of nitrogens with two attached hydrogens (primary N) is 1. The van der Waals surface area contributed by atoms with Crippen molar-refractivity contribution in [1.29, 1.82) is 0 Å². The van der Waals surface area contributed by atoms with Gasteiger partial charge in [-0.2, -0.15) is 0 Å². The number of rotatable bonds is 3. The van der Waals surface area contributed by atoms with E-state index in [1.165, 1.54) is 0 Å². The van der Waals surface area contributed by atoms with Crippen molar-refractivity contribution in [1.82, 2.24) is 0 Å². The third-order valence-corrected chi connectivity index (χ3v) is 3.84. The molecule has 2 atom stereocenters. The Labute approximate surface area is 110 Å². The van der Waals surface area contributed by atoms with Gasteiger partial charge in [-0.15, -0.1) is 0 Å². The SMILES string of the molecule is CCC1(COC)C[C@H](N)c2ccc(Br)cc2O1. The van der Waals surface area contributed by atoms with E-state index in [-0.39, 0.29) is 11.6 Å². The fourth-order valence-corrected chi connectivity index (χ4v) is 2.70. The zero-order valence-corrected chi connectivity index (χ0v) is 11.8. The Balaban J connectivity index is 2.36. The highest BCUT2D eigenvalue weighted by atomic mass is 79.9. The number of fused-ring (bicyclic) bond motifs is 1. The average Bonchev–Trinajstić information content (AvgIpc) is 2.28. The number of halogens is 1. The van der Waals surface area contributed by atoms with Gasteiger partial charge >= 0.3 is 0 Å². The smallest absolute Gasteiger partial charge is 0.134 e. The molecule has 2 rings (SSSR count). The minimum absolute atomic E-state index is 0.0157. The highest BCUT2D eigenvalue weighted by molar-refractivity contribution is 9.10. The van der Waals surface area contributed by atoms with Crippen LogP contribution in [0.25, 0.3) is 0 Å². The van der Waals surface area contributed by atoms with Gasteiger partial charge < -0.3 is 15.2 Å². The molecule has 4 heteroatoms. The normalized spacial score (nSPS) is 27.4. The number of methoxy groups -OCH3 is 1. The van der Waals surface area contributed by atoms with Crippen molar-refractivity contribution in [2.75, 3.05) is 13.7 Å². The molecule has 17 heavy (non-hydrogen) atoms. The van der Waals surface area contributed by atoms with Crippen LogP contribution < -0.4 is 10.5 Å². The Morgan fingerprint density at radius 1 is 1.59 bits per heavy atom. The fourth-order valence-electron chi connectivity index (χ4n) is 2.36. The topological polar surface area (TPSA) is 44.5 Å². The van der Waals surface area contributed by atoms with Gasteiger partial charge in [-0.3, -0.25) is 0 Å².